The smallest absolute Gasteiger partial charge is 0.309 e. The van der Waals surface area contributed by atoms with Crippen molar-refractivity contribution in [2.45, 2.75) is 45.1 Å². The number of esters is 1. The van der Waals surface area contributed by atoms with Gasteiger partial charge in [-0.05, 0) is 39.5 Å². The topological polar surface area (TPSA) is 55.8 Å². The Balaban J connectivity index is 1.86. The third-order valence-corrected chi connectivity index (χ3v) is 4.07. The number of carbonyl (C=O) groups is 2. The van der Waals surface area contributed by atoms with Crippen LogP contribution in [0.2, 0.25) is 0 Å². The second kappa shape index (κ2) is 5.90. The van der Waals surface area contributed by atoms with Crippen LogP contribution in [0.15, 0.2) is 0 Å². The van der Waals surface area contributed by atoms with Crippen molar-refractivity contribution in [3.63, 3.8) is 0 Å². The Kier molecular flexibility index (Phi) is 4.45. The largest absolute Gasteiger partial charge is 0.466 e. The molecule has 0 radical (unpaired) electrons. The summed E-state index contributed by atoms with van der Waals surface area (Å²) in [7, 11) is 0. The van der Waals surface area contributed by atoms with Gasteiger partial charge in [0.05, 0.1) is 12.5 Å². The zero-order chi connectivity index (χ0) is 13.9. The Morgan fingerprint density at radius 3 is 2.58 bits per heavy atom. The summed E-state index contributed by atoms with van der Waals surface area (Å²) in [5, 5.41) is 0. The van der Waals surface area contributed by atoms with Crippen LogP contribution in [0.25, 0.3) is 0 Å². The monoisotopic (exact) mass is 269 g/mol. The summed E-state index contributed by atoms with van der Waals surface area (Å²) >= 11 is 0. The minimum Gasteiger partial charge on any atom is -0.466 e. The van der Waals surface area contributed by atoms with E-state index in [0.29, 0.717) is 39.1 Å². The summed E-state index contributed by atoms with van der Waals surface area (Å²) in [4.78, 5) is 25.9. The van der Waals surface area contributed by atoms with E-state index in [1.807, 2.05) is 18.7 Å². The molecule has 1 unspecified atom stereocenters. The number of carbonyl (C=O) groups excluding carboxylic acids is 2. The lowest BCUT2D eigenvalue weighted by Crippen LogP contribution is -2.50. The molecule has 2 saturated heterocycles. The SMILES string of the molecule is CCOC(=O)C1CCN(C(=O)C2(C)CCCO2)CC1. The van der Waals surface area contributed by atoms with Gasteiger partial charge >= 0.3 is 5.97 Å². The minimum absolute atomic E-state index is 0.0543. The molecule has 0 N–H and O–H groups in total. The van der Waals surface area contributed by atoms with Gasteiger partial charge in [-0.2, -0.15) is 0 Å². The molecule has 5 nitrogen and oxygen atoms in total. The molecule has 2 fully saturated rings. The lowest BCUT2D eigenvalue weighted by Gasteiger charge is -2.35. The molecular formula is C14H23NO4. The Bertz CT molecular complexity index is 341. The molecule has 1 amide bonds. The van der Waals surface area contributed by atoms with Crippen LogP contribution in [0.3, 0.4) is 0 Å². The van der Waals surface area contributed by atoms with E-state index in [2.05, 4.69) is 0 Å². The molecule has 19 heavy (non-hydrogen) atoms. The second-order valence-corrected chi connectivity index (χ2v) is 5.50. The third-order valence-electron chi connectivity index (χ3n) is 4.07. The number of amides is 1. The average molecular weight is 269 g/mol. The molecule has 1 atom stereocenters. The molecular weight excluding hydrogens is 246 g/mol. The van der Waals surface area contributed by atoms with Gasteiger partial charge in [-0.3, -0.25) is 9.59 Å². The fourth-order valence-corrected chi connectivity index (χ4v) is 2.86. The van der Waals surface area contributed by atoms with Crippen molar-refractivity contribution >= 4 is 11.9 Å². The van der Waals surface area contributed by atoms with Crippen molar-refractivity contribution in [2.75, 3.05) is 26.3 Å². The molecule has 2 aliphatic heterocycles. The lowest BCUT2D eigenvalue weighted by molar-refractivity contribution is -0.157. The standard InChI is InChI=1S/C14H23NO4/c1-3-18-12(16)11-5-8-15(9-6-11)13(17)14(2)7-4-10-19-14/h11H,3-10H2,1-2H3. The average Bonchev–Trinajstić information content (AvgIpc) is 2.86. The highest BCUT2D eigenvalue weighted by molar-refractivity contribution is 5.85. The van der Waals surface area contributed by atoms with Gasteiger partial charge in [-0.15, -0.1) is 0 Å². The Labute approximate surface area is 114 Å². The van der Waals surface area contributed by atoms with Crippen LogP contribution < -0.4 is 0 Å². The number of nitrogens with zero attached hydrogens (tertiary/aromatic N) is 1. The summed E-state index contributed by atoms with van der Waals surface area (Å²) < 4.78 is 10.6. The van der Waals surface area contributed by atoms with Crippen molar-refractivity contribution in [3.05, 3.63) is 0 Å². The maximum absolute atomic E-state index is 12.4. The molecule has 0 aromatic heterocycles. The Hall–Kier alpha value is -1.10. The number of ether oxygens (including phenoxy) is 2. The van der Waals surface area contributed by atoms with E-state index < -0.39 is 5.60 Å². The Morgan fingerprint density at radius 2 is 2.05 bits per heavy atom. The van der Waals surface area contributed by atoms with E-state index in [1.54, 1.807) is 0 Å². The Morgan fingerprint density at radius 1 is 1.37 bits per heavy atom. The fourth-order valence-electron chi connectivity index (χ4n) is 2.86. The van der Waals surface area contributed by atoms with Crippen molar-refractivity contribution < 1.29 is 19.1 Å². The van der Waals surface area contributed by atoms with E-state index in [-0.39, 0.29) is 17.8 Å². The third kappa shape index (κ3) is 3.08. The predicted molar refractivity (Wildman–Crippen MR) is 69.5 cm³/mol. The molecule has 0 spiro atoms. The quantitative estimate of drug-likeness (QED) is 0.726. The van der Waals surface area contributed by atoms with E-state index in [4.69, 9.17) is 9.47 Å². The number of likely N-dealkylation sites (tertiary alicyclic amines) is 1. The first-order valence-corrected chi connectivity index (χ1v) is 7.17. The second-order valence-electron chi connectivity index (χ2n) is 5.50. The van der Waals surface area contributed by atoms with Crippen molar-refractivity contribution in [2.24, 2.45) is 5.92 Å². The number of hydrogen-bond acceptors (Lipinski definition) is 4. The van der Waals surface area contributed by atoms with Gasteiger partial charge in [-0.25, -0.2) is 0 Å². The first-order chi connectivity index (χ1) is 9.07. The van der Waals surface area contributed by atoms with Crippen molar-refractivity contribution in [1.29, 1.82) is 0 Å². The predicted octanol–water partition coefficient (Wildman–Crippen LogP) is 1.36. The molecule has 108 valence electrons. The van der Waals surface area contributed by atoms with Crippen LogP contribution in [0.4, 0.5) is 0 Å². The van der Waals surface area contributed by atoms with Crippen LogP contribution in [-0.2, 0) is 19.1 Å². The van der Waals surface area contributed by atoms with Gasteiger partial charge in [0.25, 0.3) is 5.91 Å². The van der Waals surface area contributed by atoms with Gasteiger partial charge < -0.3 is 14.4 Å². The summed E-state index contributed by atoms with van der Waals surface area (Å²) in [6.45, 7) is 6.03. The van der Waals surface area contributed by atoms with Crippen molar-refractivity contribution in [1.82, 2.24) is 4.90 Å². The van der Waals surface area contributed by atoms with E-state index >= 15 is 0 Å². The number of hydrogen-bond donors (Lipinski definition) is 0. The van der Waals surface area contributed by atoms with Gasteiger partial charge in [0, 0.05) is 19.7 Å². The molecule has 0 saturated carbocycles. The molecule has 5 heteroatoms. The zero-order valence-corrected chi connectivity index (χ0v) is 11.8. The van der Waals surface area contributed by atoms with Crippen LogP contribution in [0.5, 0.6) is 0 Å². The summed E-state index contributed by atoms with van der Waals surface area (Å²) in [6.07, 6.45) is 3.13. The highest BCUT2D eigenvalue weighted by Gasteiger charge is 2.42. The van der Waals surface area contributed by atoms with Gasteiger partial charge in [0.1, 0.15) is 5.60 Å². The van der Waals surface area contributed by atoms with Crippen LogP contribution in [-0.4, -0.2) is 48.7 Å². The lowest BCUT2D eigenvalue weighted by atomic mass is 9.94. The molecule has 2 heterocycles. The molecule has 0 bridgehead atoms. The highest BCUT2D eigenvalue weighted by Crippen LogP contribution is 2.29. The summed E-state index contributed by atoms with van der Waals surface area (Å²) in [5.74, 6) is -0.105. The minimum atomic E-state index is -0.642. The molecule has 2 rings (SSSR count). The van der Waals surface area contributed by atoms with Gasteiger partial charge in [-0.1, -0.05) is 0 Å². The van der Waals surface area contributed by atoms with Crippen LogP contribution >= 0.6 is 0 Å². The first kappa shape index (κ1) is 14.3. The fraction of sp³-hybridized carbons (Fsp3) is 0.857. The highest BCUT2D eigenvalue weighted by atomic mass is 16.5. The van der Waals surface area contributed by atoms with E-state index in [0.717, 1.165) is 12.8 Å². The van der Waals surface area contributed by atoms with E-state index in [1.165, 1.54) is 0 Å². The normalized spacial score (nSPS) is 28.4. The van der Waals surface area contributed by atoms with Crippen molar-refractivity contribution in [3.8, 4) is 0 Å². The first-order valence-electron chi connectivity index (χ1n) is 7.17. The van der Waals surface area contributed by atoms with E-state index in [9.17, 15) is 9.59 Å². The molecule has 0 aliphatic carbocycles. The molecule has 0 aromatic rings. The van der Waals surface area contributed by atoms with Crippen LogP contribution in [0, 0.1) is 5.92 Å². The van der Waals surface area contributed by atoms with Crippen LogP contribution in [0.1, 0.15) is 39.5 Å². The number of piperidine rings is 1. The molecule has 2 aliphatic rings. The maximum atomic E-state index is 12.4. The summed E-state index contributed by atoms with van der Waals surface area (Å²) in [5.41, 5.74) is -0.642. The maximum Gasteiger partial charge on any atom is 0.309 e. The zero-order valence-electron chi connectivity index (χ0n) is 11.8. The molecule has 0 aromatic carbocycles. The summed E-state index contributed by atoms with van der Waals surface area (Å²) in [6, 6.07) is 0. The van der Waals surface area contributed by atoms with Gasteiger partial charge in [0.15, 0.2) is 0 Å². The number of rotatable bonds is 3. The van der Waals surface area contributed by atoms with Gasteiger partial charge in [0.2, 0.25) is 0 Å².